The molecular weight excluding hydrogens is 312 g/mol. The van der Waals surface area contributed by atoms with Crippen LogP contribution in [0.1, 0.15) is 146 Å². The maximum absolute atomic E-state index is 2.62. The van der Waals surface area contributed by atoms with E-state index >= 15 is 0 Å². The first-order chi connectivity index (χ1) is 12.1. The van der Waals surface area contributed by atoms with Crippen LogP contribution in [0, 0.1) is 22.2 Å². The summed E-state index contributed by atoms with van der Waals surface area (Å²) in [4.78, 5) is 0. The summed E-state index contributed by atoms with van der Waals surface area (Å²) >= 11 is 0. The fourth-order valence-corrected chi connectivity index (χ4v) is 6.37. The lowest BCUT2D eigenvalue weighted by molar-refractivity contribution is -0.109. The van der Waals surface area contributed by atoms with Crippen molar-refractivity contribution < 1.29 is 0 Å². The van der Waals surface area contributed by atoms with Crippen LogP contribution in [0.15, 0.2) is 0 Å². The maximum atomic E-state index is 2.62. The van der Waals surface area contributed by atoms with Crippen LogP contribution in [0.2, 0.25) is 0 Å². The Morgan fingerprint density at radius 3 is 1.38 bits per heavy atom. The third-order valence-corrected chi connectivity index (χ3v) is 7.66. The van der Waals surface area contributed by atoms with Crippen LogP contribution in [0.4, 0.5) is 0 Å². The van der Waals surface area contributed by atoms with E-state index in [4.69, 9.17) is 0 Å². The summed E-state index contributed by atoms with van der Waals surface area (Å²) in [6.45, 7) is 22.3. The molecule has 2 atom stereocenters. The lowest BCUT2D eigenvalue weighted by Crippen LogP contribution is -2.52. The Labute approximate surface area is 168 Å². The molecule has 0 saturated heterocycles. The fraction of sp³-hybridized carbons (Fsp3) is 1.00. The van der Waals surface area contributed by atoms with Crippen LogP contribution in [-0.2, 0) is 0 Å². The van der Waals surface area contributed by atoms with E-state index in [1.165, 1.54) is 83.5 Å². The lowest BCUT2D eigenvalue weighted by atomic mass is 9.45. The molecule has 0 spiro atoms. The van der Waals surface area contributed by atoms with Gasteiger partial charge in [-0.3, -0.25) is 0 Å². The average molecular weight is 367 g/mol. The van der Waals surface area contributed by atoms with Crippen LogP contribution in [0.3, 0.4) is 0 Å². The van der Waals surface area contributed by atoms with Crippen molar-refractivity contribution in [3.63, 3.8) is 0 Å². The van der Waals surface area contributed by atoms with Crippen molar-refractivity contribution in [2.75, 3.05) is 0 Å². The van der Waals surface area contributed by atoms with Gasteiger partial charge in [0.05, 0.1) is 0 Å². The molecule has 0 N–H and O–H groups in total. The third kappa shape index (κ3) is 6.87. The van der Waals surface area contributed by atoms with Crippen molar-refractivity contribution in [2.24, 2.45) is 22.2 Å². The van der Waals surface area contributed by atoms with Crippen LogP contribution in [0.5, 0.6) is 0 Å². The molecule has 0 fully saturated rings. The first-order valence-corrected chi connectivity index (χ1v) is 12.1. The molecule has 0 aromatic carbocycles. The first kappa shape index (κ1) is 26.0. The van der Waals surface area contributed by atoms with Gasteiger partial charge in [0.1, 0.15) is 0 Å². The minimum absolute atomic E-state index is 0.362. The summed E-state index contributed by atoms with van der Waals surface area (Å²) in [7, 11) is 0. The van der Waals surface area contributed by atoms with Crippen LogP contribution < -0.4 is 0 Å². The van der Waals surface area contributed by atoms with Gasteiger partial charge in [-0.2, -0.15) is 0 Å². The highest BCUT2D eigenvalue weighted by molar-refractivity contribution is 5.03. The van der Waals surface area contributed by atoms with E-state index in [2.05, 4.69) is 62.3 Å². The van der Waals surface area contributed by atoms with Gasteiger partial charge in [0.25, 0.3) is 0 Å². The second-order valence-corrected chi connectivity index (χ2v) is 10.6. The van der Waals surface area contributed by atoms with Gasteiger partial charge in [-0.05, 0) is 35.0 Å². The van der Waals surface area contributed by atoms with Gasteiger partial charge in [0.2, 0.25) is 0 Å². The summed E-state index contributed by atoms with van der Waals surface area (Å²) < 4.78 is 0. The molecule has 0 aliphatic carbocycles. The summed E-state index contributed by atoms with van der Waals surface area (Å²) in [6.07, 6.45) is 18.3. The molecule has 0 aromatic heterocycles. The molecule has 0 aliphatic heterocycles. The van der Waals surface area contributed by atoms with E-state index in [-0.39, 0.29) is 0 Å². The van der Waals surface area contributed by atoms with Crippen molar-refractivity contribution in [1.82, 2.24) is 0 Å². The molecule has 0 heteroatoms. The summed E-state index contributed by atoms with van der Waals surface area (Å²) in [5.41, 5.74) is 1.25. The Bertz CT molecular complexity index is 334. The van der Waals surface area contributed by atoms with Gasteiger partial charge >= 0.3 is 0 Å². The third-order valence-electron chi connectivity index (χ3n) is 7.66. The number of hydrogen-bond acceptors (Lipinski definition) is 0. The molecule has 0 rings (SSSR count). The van der Waals surface area contributed by atoms with Crippen molar-refractivity contribution >= 4 is 0 Å². The van der Waals surface area contributed by atoms with Crippen molar-refractivity contribution in [3.05, 3.63) is 0 Å². The standard InChI is InChI=1S/C26H54/c1-10-13-14-15-16-17-18-19-20-22-25(9,12-3)26(21-11-2,23(4)5)24(6,7)8/h23H,10-22H2,1-9H3. The summed E-state index contributed by atoms with van der Waals surface area (Å²) in [6, 6.07) is 0. The molecule has 0 bridgehead atoms. The first-order valence-electron chi connectivity index (χ1n) is 12.1. The van der Waals surface area contributed by atoms with Crippen LogP contribution in [-0.4, -0.2) is 0 Å². The predicted octanol–water partition coefficient (Wildman–Crippen LogP) is 9.81. The van der Waals surface area contributed by atoms with Gasteiger partial charge in [-0.25, -0.2) is 0 Å². The minimum atomic E-state index is 0.362. The van der Waals surface area contributed by atoms with E-state index in [1.807, 2.05) is 0 Å². The van der Waals surface area contributed by atoms with E-state index in [0.29, 0.717) is 16.2 Å². The molecule has 0 heterocycles. The van der Waals surface area contributed by atoms with Crippen molar-refractivity contribution in [3.8, 4) is 0 Å². The molecule has 0 amide bonds. The summed E-state index contributed by atoms with van der Waals surface area (Å²) in [5, 5.41) is 0. The molecule has 0 aromatic rings. The van der Waals surface area contributed by atoms with Crippen molar-refractivity contribution in [2.45, 2.75) is 146 Å². The smallest absolute Gasteiger partial charge is 0.0172 e. The van der Waals surface area contributed by atoms with E-state index in [9.17, 15) is 0 Å². The molecule has 158 valence electrons. The van der Waals surface area contributed by atoms with E-state index in [0.717, 1.165) is 5.92 Å². The van der Waals surface area contributed by atoms with Gasteiger partial charge in [0, 0.05) is 0 Å². The number of unbranched alkanes of at least 4 members (excludes halogenated alkanes) is 8. The van der Waals surface area contributed by atoms with Gasteiger partial charge in [-0.1, -0.05) is 133 Å². The normalized spacial score (nSPS) is 17.3. The fourth-order valence-electron chi connectivity index (χ4n) is 6.37. The minimum Gasteiger partial charge on any atom is -0.0654 e. The Balaban J connectivity index is 4.76. The molecule has 0 radical (unpaired) electrons. The largest absolute Gasteiger partial charge is 0.0654 e. The molecule has 0 nitrogen and oxygen atoms in total. The highest BCUT2D eigenvalue weighted by atomic mass is 14.6. The zero-order valence-corrected chi connectivity index (χ0v) is 20.3. The topological polar surface area (TPSA) is 0 Å². The second-order valence-electron chi connectivity index (χ2n) is 10.6. The number of hydrogen-bond donors (Lipinski definition) is 0. The Morgan fingerprint density at radius 1 is 0.577 bits per heavy atom. The summed E-state index contributed by atoms with van der Waals surface area (Å²) in [5.74, 6) is 0.742. The average Bonchev–Trinajstić information content (AvgIpc) is 2.56. The predicted molar refractivity (Wildman–Crippen MR) is 122 cm³/mol. The van der Waals surface area contributed by atoms with Gasteiger partial charge < -0.3 is 0 Å². The zero-order valence-electron chi connectivity index (χ0n) is 20.3. The Morgan fingerprint density at radius 2 is 1.04 bits per heavy atom. The van der Waals surface area contributed by atoms with Crippen LogP contribution in [0.25, 0.3) is 0 Å². The zero-order chi connectivity index (χ0) is 20.3. The van der Waals surface area contributed by atoms with E-state index < -0.39 is 0 Å². The lowest BCUT2D eigenvalue weighted by Gasteiger charge is -2.60. The molecule has 0 aliphatic rings. The van der Waals surface area contributed by atoms with Crippen molar-refractivity contribution in [1.29, 1.82) is 0 Å². The molecular formula is C26H54. The Kier molecular flexibility index (Phi) is 12.5. The molecule has 0 saturated carbocycles. The van der Waals surface area contributed by atoms with E-state index in [1.54, 1.807) is 0 Å². The monoisotopic (exact) mass is 366 g/mol. The highest BCUT2D eigenvalue weighted by Gasteiger charge is 2.54. The van der Waals surface area contributed by atoms with Gasteiger partial charge in [-0.15, -0.1) is 0 Å². The second kappa shape index (κ2) is 12.5. The maximum Gasteiger partial charge on any atom is -0.0172 e. The molecule has 2 unspecified atom stereocenters. The Hall–Kier alpha value is 0. The SMILES string of the molecule is CCCCCCCCCCCC(C)(CC)C(CCC)(C(C)C)C(C)(C)C. The van der Waals surface area contributed by atoms with Crippen LogP contribution >= 0.6 is 0 Å². The highest BCUT2D eigenvalue weighted by Crippen LogP contribution is 2.62. The molecule has 26 heavy (non-hydrogen) atoms. The van der Waals surface area contributed by atoms with Gasteiger partial charge in [0.15, 0.2) is 0 Å². The number of rotatable bonds is 15. The quantitative estimate of drug-likeness (QED) is 0.253.